The highest BCUT2D eigenvalue weighted by atomic mass is 16.6. The highest BCUT2D eigenvalue weighted by Crippen LogP contribution is 2.22. The van der Waals surface area contributed by atoms with Gasteiger partial charge in [0.2, 0.25) is 0 Å². The maximum atomic E-state index is 10.5. The van der Waals surface area contributed by atoms with Gasteiger partial charge < -0.3 is 16.2 Å². The van der Waals surface area contributed by atoms with Crippen molar-refractivity contribution in [1.82, 2.24) is 15.3 Å². The Bertz CT molecular complexity index is 1150. The highest BCUT2D eigenvalue weighted by molar-refractivity contribution is 5.91. The van der Waals surface area contributed by atoms with Gasteiger partial charge in [0.25, 0.3) is 0 Å². The molecular weight excluding hydrogens is 382 g/mol. The summed E-state index contributed by atoms with van der Waals surface area (Å²) in [6.07, 6.45) is 4.53. The van der Waals surface area contributed by atoms with E-state index in [-0.39, 0.29) is 5.56 Å². The summed E-state index contributed by atoms with van der Waals surface area (Å²) in [5.74, 6) is -0.00549. The molecule has 8 nitrogen and oxygen atoms in total. The number of carbonyl (C=O) groups is 1. The molecule has 8 heteroatoms. The third kappa shape index (κ3) is 4.72. The molecule has 2 heterocycles. The van der Waals surface area contributed by atoms with Crippen LogP contribution >= 0.6 is 0 Å². The fraction of sp³-hybridized carbons (Fsp3) is 0.273. The lowest BCUT2D eigenvalue weighted by molar-refractivity contribution is 0.0697. The van der Waals surface area contributed by atoms with Crippen LogP contribution in [0.25, 0.3) is 21.9 Å². The first kappa shape index (κ1) is 19.8. The SMILES string of the molecule is NC1CCC(Nc2ccc3ccccc3n2)CC1.O=C(O)c1ccc2nonc2c1. The lowest BCUT2D eigenvalue weighted by Crippen LogP contribution is -2.32. The molecule has 4 N–H and O–H groups in total. The van der Waals surface area contributed by atoms with Crippen LogP contribution in [0.1, 0.15) is 36.0 Å². The van der Waals surface area contributed by atoms with Gasteiger partial charge in [-0.3, -0.25) is 0 Å². The molecule has 0 atom stereocenters. The first-order valence-corrected chi connectivity index (χ1v) is 9.92. The Hall–Kier alpha value is -3.52. The number of hydrogen-bond donors (Lipinski definition) is 3. The van der Waals surface area contributed by atoms with Crippen molar-refractivity contribution in [3.05, 3.63) is 60.2 Å². The van der Waals surface area contributed by atoms with Crippen LogP contribution < -0.4 is 11.1 Å². The number of rotatable bonds is 3. The molecule has 5 rings (SSSR count). The molecule has 0 saturated heterocycles. The number of benzene rings is 2. The van der Waals surface area contributed by atoms with E-state index >= 15 is 0 Å². The van der Waals surface area contributed by atoms with Crippen LogP contribution in [0.4, 0.5) is 5.82 Å². The van der Waals surface area contributed by atoms with Gasteiger partial charge in [0, 0.05) is 17.5 Å². The number of anilines is 1. The zero-order valence-electron chi connectivity index (χ0n) is 16.4. The number of nitrogens with two attached hydrogens (primary N) is 1. The van der Waals surface area contributed by atoms with Crippen molar-refractivity contribution < 1.29 is 14.5 Å². The number of nitrogens with one attached hydrogen (secondary N) is 1. The number of carboxylic acids is 1. The Labute approximate surface area is 173 Å². The average Bonchev–Trinajstić information content (AvgIpc) is 3.24. The molecule has 2 aromatic carbocycles. The largest absolute Gasteiger partial charge is 0.478 e. The number of carboxylic acid groups (broad SMARTS) is 1. The van der Waals surface area contributed by atoms with Crippen LogP contribution in [-0.2, 0) is 0 Å². The van der Waals surface area contributed by atoms with Gasteiger partial charge in [-0.05, 0) is 72.4 Å². The quantitative estimate of drug-likeness (QED) is 0.469. The van der Waals surface area contributed by atoms with E-state index in [4.69, 9.17) is 10.8 Å². The number of para-hydroxylation sites is 1. The Morgan fingerprint density at radius 2 is 1.73 bits per heavy atom. The minimum absolute atomic E-state index is 0.179. The minimum Gasteiger partial charge on any atom is -0.478 e. The fourth-order valence-corrected chi connectivity index (χ4v) is 3.53. The summed E-state index contributed by atoms with van der Waals surface area (Å²) >= 11 is 0. The van der Waals surface area contributed by atoms with Crippen molar-refractivity contribution in [2.24, 2.45) is 5.73 Å². The number of aromatic carboxylic acids is 1. The highest BCUT2D eigenvalue weighted by Gasteiger charge is 2.18. The van der Waals surface area contributed by atoms with E-state index in [9.17, 15) is 4.79 Å². The summed E-state index contributed by atoms with van der Waals surface area (Å²) in [6, 6.07) is 17.7. The van der Waals surface area contributed by atoms with Gasteiger partial charge >= 0.3 is 5.97 Å². The fourth-order valence-electron chi connectivity index (χ4n) is 3.53. The molecule has 1 aliphatic carbocycles. The first-order valence-electron chi connectivity index (χ1n) is 9.92. The van der Waals surface area contributed by atoms with Crippen LogP contribution in [0.3, 0.4) is 0 Å². The number of hydrogen-bond acceptors (Lipinski definition) is 7. The van der Waals surface area contributed by atoms with Gasteiger partial charge in [-0.2, -0.15) is 0 Å². The lowest BCUT2D eigenvalue weighted by atomic mass is 9.92. The third-order valence-corrected chi connectivity index (χ3v) is 5.22. The Morgan fingerprint density at radius 3 is 2.53 bits per heavy atom. The van der Waals surface area contributed by atoms with E-state index in [1.54, 1.807) is 6.07 Å². The van der Waals surface area contributed by atoms with E-state index in [1.807, 2.05) is 12.1 Å². The smallest absolute Gasteiger partial charge is 0.335 e. The summed E-state index contributed by atoms with van der Waals surface area (Å²) in [7, 11) is 0. The van der Waals surface area contributed by atoms with Crippen molar-refractivity contribution in [3.63, 3.8) is 0 Å². The molecule has 154 valence electrons. The van der Waals surface area contributed by atoms with Crippen molar-refractivity contribution in [1.29, 1.82) is 0 Å². The summed E-state index contributed by atoms with van der Waals surface area (Å²) in [6.45, 7) is 0. The van der Waals surface area contributed by atoms with Gasteiger partial charge in [0.1, 0.15) is 16.9 Å². The minimum atomic E-state index is -0.986. The van der Waals surface area contributed by atoms with Gasteiger partial charge in [0.05, 0.1) is 11.1 Å². The third-order valence-electron chi connectivity index (χ3n) is 5.22. The number of nitrogens with zero attached hydrogens (tertiary/aromatic N) is 3. The predicted molar refractivity (Wildman–Crippen MR) is 114 cm³/mol. The Morgan fingerprint density at radius 1 is 0.967 bits per heavy atom. The molecule has 1 aliphatic rings. The van der Waals surface area contributed by atoms with E-state index in [1.165, 1.54) is 17.5 Å². The maximum Gasteiger partial charge on any atom is 0.335 e. The second-order valence-electron chi connectivity index (χ2n) is 7.42. The average molecular weight is 405 g/mol. The Kier molecular flexibility index (Phi) is 5.85. The lowest BCUT2D eigenvalue weighted by Gasteiger charge is -2.27. The monoisotopic (exact) mass is 405 g/mol. The first-order chi connectivity index (χ1) is 14.6. The number of pyridine rings is 1. The molecule has 0 spiro atoms. The molecule has 4 aromatic rings. The van der Waals surface area contributed by atoms with Crippen molar-refractivity contribution in [2.75, 3.05) is 5.32 Å². The summed E-state index contributed by atoms with van der Waals surface area (Å²) in [5.41, 5.74) is 8.16. The van der Waals surface area contributed by atoms with E-state index in [2.05, 4.69) is 49.5 Å². The van der Waals surface area contributed by atoms with Crippen LogP contribution in [0.5, 0.6) is 0 Å². The van der Waals surface area contributed by atoms with Gasteiger partial charge in [0.15, 0.2) is 0 Å². The van der Waals surface area contributed by atoms with Gasteiger partial charge in [-0.25, -0.2) is 14.4 Å². The Balaban J connectivity index is 0.000000158. The van der Waals surface area contributed by atoms with E-state index in [0.29, 0.717) is 23.1 Å². The van der Waals surface area contributed by atoms with Crippen LogP contribution in [-0.4, -0.2) is 38.5 Å². The molecule has 0 amide bonds. The molecule has 30 heavy (non-hydrogen) atoms. The van der Waals surface area contributed by atoms with Crippen LogP contribution in [0.2, 0.25) is 0 Å². The summed E-state index contributed by atoms with van der Waals surface area (Å²) in [4.78, 5) is 15.1. The molecule has 0 aliphatic heterocycles. The van der Waals surface area contributed by atoms with E-state index < -0.39 is 5.97 Å². The second kappa shape index (κ2) is 8.87. The van der Waals surface area contributed by atoms with Gasteiger partial charge in [-0.15, -0.1) is 0 Å². The zero-order valence-corrected chi connectivity index (χ0v) is 16.4. The number of fused-ring (bicyclic) bond motifs is 2. The molecule has 0 unspecified atom stereocenters. The summed E-state index contributed by atoms with van der Waals surface area (Å²) < 4.78 is 4.41. The van der Waals surface area contributed by atoms with Crippen LogP contribution in [0.15, 0.2) is 59.2 Å². The molecular formula is C22H23N5O3. The van der Waals surface area contributed by atoms with Crippen molar-refractivity contribution in [3.8, 4) is 0 Å². The van der Waals surface area contributed by atoms with Crippen LogP contribution in [0, 0.1) is 0 Å². The van der Waals surface area contributed by atoms with E-state index in [0.717, 1.165) is 37.0 Å². The standard InChI is InChI=1S/C15H19N3.C7H4N2O3/c16-12-6-8-13(9-7-12)17-15-10-5-11-3-1-2-4-14(11)18-15;10-7(11)4-1-2-5-6(3-4)9-12-8-5/h1-5,10,12-13H,6-9,16H2,(H,17,18);1-3H,(H,10,11). The molecule has 2 aromatic heterocycles. The van der Waals surface area contributed by atoms with Crippen molar-refractivity contribution in [2.45, 2.75) is 37.8 Å². The molecule has 1 fully saturated rings. The maximum absolute atomic E-state index is 10.5. The van der Waals surface area contributed by atoms with Crippen molar-refractivity contribution >= 4 is 33.7 Å². The van der Waals surface area contributed by atoms with Gasteiger partial charge in [-0.1, -0.05) is 18.2 Å². The normalized spacial score (nSPS) is 18.6. The number of aromatic nitrogens is 3. The predicted octanol–water partition coefficient (Wildman–Crippen LogP) is 3.84. The second-order valence-corrected chi connectivity index (χ2v) is 7.42. The molecule has 0 bridgehead atoms. The topological polar surface area (TPSA) is 127 Å². The molecule has 1 saturated carbocycles. The zero-order chi connectivity index (χ0) is 20.9. The molecule has 0 radical (unpaired) electrons. The summed E-state index contributed by atoms with van der Waals surface area (Å²) in [5, 5.41) is 20.4.